The Hall–Kier alpha value is -1.49. The standard InChI is InChI=1S/C21H28N2O2S/c24-19(12-21-9-16-6-17(10-21)8-18(7-16)11-21)22-23-20(25)14-26-13-15-4-2-1-3-5-15/h1-5,16-18H,6-14H2,(H,22,24)(H,23,25). The van der Waals surface area contributed by atoms with Gasteiger partial charge in [-0.15, -0.1) is 11.8 Å². The van der Waals surface area contributed by atoms with Crippen LogP contribution in [-0.4, -0.2) is 17.6 Å². The number of amides is 2. The summed E-state index contributed by atoms with van der Waals surface area (Å²) in [5.41, 5.74) is 6.66. The van der Waals surface area contributed by atoms with Gasteiger partial charge in [0, 0.05) is 12.2 Å². The number of carbonyl (C=O) groups is 2. The van der Waals surface area contributed by atoms with Crippen LogP contribution >= 0.6 is 11.8 Å². The first-order valence-electron chi connectivity index (χ1n) is 9.80. The molecule has 2 amide bonds. The summed E-state index contributed by atoms with van der Waals surface area (Å²) in [5.74, 6) is 3.54. The predicted molar refractivity (Wildman–Crippen MR) is 104 cm³/mol. The van der Waals surface area contributed by atoms with E-state index in [4.69, 9.17) is 0 Å². The van der Waals surface area contributed by atoms with Gasteiger partial charge >= 0.3 is 0 Å². The molecule has 0 spiro atoms. The van der Waals surface area contributed by atoms with Crippen molar-refractivity contribution in [1.82, 2.24) is 10.9 Å². The molecule has 0 heterocycles. The summed E-state index contributed by atoms with van der Waals surface area (Å²) in [6.07, 6.45) is 8.38. The van der Waals surface area contributed by atoms with E-state index in [0.29, 0.717) is 12.2 Å². The number of hydrogen-bond acceptors (Lipinski definition) is 3. The molecule has 0 radical (unpaired) electrons. The lowest BCUT2D eigenvalue weighted by atomic mass is 9.49. The van der Waals surface area contributed by atoms with Gasteiger partial charge < -0.3 is 0 Å². The molecule has 0 saturated heterocycles. The molecule has 1 aromatic carbocycles. The number of hydrazine groups is 1. The van der Waals surface area contributed by atoms with Crippen molar-refractivity contribution in [3.63, 3.8) is 0 Å². The Morgan fingerprint density at radius 2 is 1.50 bits per heavy atom. The summed E-state index contributed by atoms with van der Waals surface area (Å²) in [4.78, 5) is 24.3. The Bertz CT molecular complexity index is 626. The molecular weight excluding hydrogens is 344 g/mol. The zero-order valence-corrected chi connectivity index (χ0v) is 16.0. The molecule has 4 bridgehead atoms. The lowest BCUT2D eigenvalue weighted by Crippen LogP contribution is -2.50. The van der Waals surface area contributed by atoms with Crippen molar-refractivity contribution in [2.45, 2.75) is 50.7 Å². The van der Waals surface area contributed by atoms with Crippen LogP contribution in [0, 0.1) is 23.2 Å². The minimum atomic E-state index is -0.134. The second kappa shape index (κ2) is 7.63. The van der Waals surface area contributed by atoms with E-state index in [2.05, 4.69) is 23.0 Å². The first kappa shape index (κ1) is 17.9. The molecule has 1 aromatic rings. The van der Waals surface area contributed by atoms with Crippen molar-refractivity contribution in [1.29, 1.82) is 0 Å². The molecule has 4 fully saturated rings. The number of rotatable bonds is 6. The Balaban J connectivity index is 1.18. The molecule has 4 aliphatic rings. The van der Waals surface area contributed by atoms with E-state index in [9.17, 15) is 9.59 Å². The van der Waals surface area contributed by atoms with E-state index in [1.165, 1.54) is 44.1 Å². The lowest BCUT2D eigenvalue weighted by Gasteiger charge is -2.56. The number of thioether (sulfide) groups is 1. The molecule has 26 heavy (non-hydrogen) atoms. The minimum absolute atomic E-state index is 0.0200. The smallest absolute Gasteiger partial charge is 0.248 e. The van der Waals surface area contributed by atoms with Crippen LogP contribution in [0.1, 0.15) is 50.5 Å². The maximum Gasteiger partial charge on any atom is 0.248 e. The Morgan fingerprint density at radius 1 is 0.923 bits per heavy atom. The fourth-order valence-electron chi connectivity index (χ4n) is 5.90. The molecule has 140 valence electrons. The van der Waals surface area contributed by atoms with Gasteiger partial charge in [-0.2, -0.15) is 0 Å². The van der Waals surface area contributed by atoms with Gasteiger partial charge in [-0.1, -0.05) is 30.3 Å². The zero-order valence-electron chi connectivity index (χ0n) is 15.2. The summed E-state index contributed by atoms with van der Waals surface area (Å²) in [5, 5.41) is 0. The molecule has 2 N–H and O–H groups in total. The fraction of sp³-hybridized carbons (Fsp3) is 0.619. The monoisotopic (exact) mass is 372 g/mol. The van der Waals surface area contributed by atoms with Crippen LogP contribution in [0.4, 0.5) is 0 Å². The SMILES string of the molecule is O=C(CSCc1ccccc1)NNC(=O)CC12CC3CC(CC(C3)C1)C2. The van der Waals surface area contributed by atoms with Crippen molar-refractivity contribution in [3.8, 4) is 0 Å². The minimum Gasteiger partial charge on any atom is -0.273 e. The van der Waals surface area contributed by atoms with Gasteiger partial charge in [0.05, 0.1) is 5.75 Å². The number of benzene rings is 1. The van der Waals surface area contributed by atoms with Crippen molar-refractivity contribution in [2.24, 2.45) is 23.2 Å². The topological polar surface area (TPSA) is 58.2 Å². The third-order valence-corrected chi connectivity index (χ3v) is 7.39. The molecular formula is C21H28N2O2S. The number of carbonyl (C=O) groups excluding carboxylic acids is 2. The molecule has 0 aliphatic heterocycles. The summed E-state index contributed by atoms with van der Waals surface area (Å²) < 4.78 is 0. The van der Waals surface area contributed by atoms with E-state index in [1.54, 1.807) is 11.8 Å². The lowest BCUT2D eigenvalue weighted by molar-refractivity contribution is -0.133. The summed E-state index contributed by atoms with van der Waals surface area (Å²) in [6, 6.07) is 10.1. The highest BCUT2D eigenvalue weighted by atomic mass is 32.2. The van der Waals surface area contributed by atoms with E-state index in [-0.39, 0.29) is 17.2 Å². The summed E-state index contributed by atoms with van der Waals surface area (Å²) in [7, 11) is 0. The van der Waals surface area contributed by atoms with Gasteiger partial charge in [0.2, 0.25) is 11.8 Å². The van der Waals surface area contributed by atoms with Gasteiger partial charge in [0.15, 0.2) is 0 Å². The maximum absolute atomic E-state index is 12.4. The van der Waals surface area contributed by atoms with Crippen molar-refractivity contribution in [2.75, 3.05) is 5.75 Å². The highest BCUT2D eigenvalue weighted by Crippen LogP contribution is 2.61. The molecule has 0 aromatic heterocycles. The highest BCUT2D eigenvalue weighted by Gasteiger charge is 2.51. The van der Waals surface area contributed by atoms with Gasteiger partial charge in [-0.3, -0.25) is 20.4 Å². The van der Waals surface area contributed by atoms with E-state index >= 15 is 0 Å². The second-order valence-corrected chi connectivity index (χ2v) is 9.65. The molecule has 0 atom stereocenters. The average Bonchev–Trinajstić information content (AvgIpc) is 2.59. The fourth-order valence-corrected chi connectivity index (χ4v) is 6.69. The van der Waals surface area contributed by atoms with E-state index in [1.807, 2.05) is 18.2 Å². The van der Waals surface area contributed by atoms with Crippen LogP contribution in [0.2, 0.25) is 0 Å². The third-order valence-electron chi connectivity index (χ3n) is 6.39. The number of nitrogens with one attached hydrogen (secondary N) is 2. The van der Waals surface area contributed by atoms with Crippen molar-refractivity contribution < 1.29 is 9.59 Å². The highest BCUT2D eigenvalue weighted by molar-refractivity contribution is 7.99. The molecule has 4 aliphatic carbocycles. The normalized spacial score (nSPS) is 31.6. The van der Waals surface area contributed by atoms with Crippen LogP contribution in [0.15, 0.2) is 30.3 Å². The Kier molecular flexibility index (Phi) is 5.25. The molecule has 4 saturated carbocycles. The average molecular weight is 373 g/mol. The van der Waals surface area contributed by atoms with Gasteiger partial charge in [-0.05, 0) is 67.3 Å². The first-order chi connectivity index (χ1) is 12.6. The van der Waals surface area contributed by atoms with Gasteiger partial charge in [-0.25, -0.2) is 0 Å². The van der Waals surface area contributed by atoms with Gasteiger partial charge in [0.1, 0.15) is 0 Å². The predicted octanol–water partition coefficient (Wildman–Crippen LogP) is 3.67. The molecule has 4 nitrogen and oxygen atoms in total. The van der Waals surface area contributed by atoms with Gasteiger partial charge in [0.25, 0.3) is 0 Å². The summed E-state index contributed by atoms with van der Waals surface area (Å²) >= 11 is 1.56. The molecule has 5 heteroatoms. The largest absolute Gasteiger partial charge is 0.273 e. The Labute approximate surface area is 159 Å². The molecule has 5 rings (SSSR count). The second-order valence-electron chi connectivity index (χ2n) is 8.67. The van der Waals surface area contributed by atoms with Crippen LogP contribution < -0.4 is 10.9 Å². The quantitative estimate of drug-likeness (QED) is 0.749. The third kappa shape index (κ3) is 4.25. The van der Waals surface area contributed by atoms with Crippen molar-refractivity contribution >= 4 is 23.6 Å². The van der Waals surface area contributed by atoms with E-state index < -0.39 is 0 Å². The summed E-state index contributed by atoms with van der Waals surface area (Å²) in [6.45, 7) is 0. The van der Waals surface area contributed by atoms with Crippen LogP contribution in [0.5, 0.6) is 0 Å². The van der Waals surface area contributed by atoms with Crippen LogP contribution in [0.3, 0.4) is 0 Å². The van der Waals surface area contributed by atoms with Crippen molar-refractivity contribution in [3.05, 3.63) is 35.9 Å². The van der Waals surface area contributed by atoms with E-state index in [0.717, 1.165) is 23.5 Å². The molecule has 0 unspecified atom stereocenters. The zero-order chi connectivity index (χ0) is 18.0. The first-order valence-corrected chi connectivity index (χ1v) is 11.0. The van der Waals surface area contributed by atoms with Crippen LogP contribution in [-0.2, 0) is 15.3 Å². The number of hydrogen-bond donors (Lipinski definition) is 2. The maximum atomic E-state index is 12.4. The Morgan fingerprint density at radius 3 is 2.12 bits per heavy atom. The van der Waals surface area contributed by atoms with Crippen LogP contribution in [0.25, 0.3) is 0 Å².